The van der Waals surface area contributed by atoms with Crippen LogP contribution in [0.4, 0.5) is 18.9 Å². The van der Waals surface area contributed by atoms with Crippen molar-refractivity contribution in [3.63, 3.8) is 0 Å². The molecule has 0 aromatic heterocycles. The van der Waals surface area contributed by atoms with Gasteiger partial charge < -0.3 is 15.5 Å². The van der Waals surface area contributed by atoms with E-state index in [0.717, 1.165) is 25.2 Å². The van der Waals surface area contributed by atoms with Crippen LogP contribution in [0.5, 0.6) is 0 Å². The van der Waals surface area contributed by atoms with Gasteiger partial charge >= 0.3 is 6.18 Å². The number of rotatable bonds is 5. The number of hydrogen-bond acceptors (Lipinski definition) is 2. The van der Waals surface area contributed by atoms with E-state index < -0.39 is 12.6 Å². The van der Waals surface area contributed by atoms with Crippen LogP contribution < -0.4 is 15.5 Å². The molecule has 1 atom stereocenters. The SMILES string of the molecule is CCNC(=NCCC(F)(F)F)NC1CCN(c2ccccc2)C1.I. The quantitative estimate of drug-likeness (QED) is 0.406. The van der Waals surface area contributed by atoms with Crippen molar-refractivity contribution in [1.29, 1.82) is 0 Å². The maximum Gasteiger partial charge on any atom is 0.390 e. The van der Waals surface area contributed by atoms with E-state index in [0.29, 0.717) is 12.5 Å². The number of para-hydroxylation sites is 1. The molecule has 4 nitrogen and oxygen atoms in total. The van der Waals surface area contributed by atoms with Gasteiger partial charge in [0, 0.05) is 31.4 Å². The Morgan fingerprint density at radius 2 is 2.00 bits per heavy atom. The summed E-state index contributed by atoms with van der Waals surface area (Å²) in [6.45, 7) is 3.99. The van der Waals surface area contributed by atoms with Gasteiger partial charge in [-0.25, -0.2) is 0 Å². The first kappa shape index (κ1) is 20.9. The van der Waals surface area contributed by atoms with E-state index in [4.69, 9.17) is 0 Å². The maximum absolute atomic E-state index is 12.2. The molecule has 2 N–H and O–H groups in total. The fourth-order valence-corrected chi connectivity index (χ4v) is 2.56. The highest BCUT2D eigenvalue weighted by atomic mass is 127. The molecule has 0 aliphatic carbocycles. The molecule has 0 spiro atoms. The van der Waals surface area contributed by atoms with Gasteiger partial charge in [-0.1, -0.05) is 18.2 Å². The van der Waals surface area contributed by atoms with E-state index >= 15 is 0 Å². The smallest absolute Gasteiger partial charge is 0.369 e. The predicted octanol–water partition coefficient (Wildman–Crippen LogP) is 3.39. The molecule has 1 aromatic rings. The third kappa shape index (κ3) is 7.14. The number of nitrogens with one attached hydrogen (secondary N) is 2. The fourth-order valence-electron chi connectivity index (χ4n) is 2.56. The Labute approximate surface area is 157 Å². The zero-order valence-electron chi connectivity index (χ0n) is 13.6. The highest BCUT2D eigenvalue weighted by molar-refractivity contribution is 14.0. The van der Waals surface area contributed by atoms with Crippen LogP contribution >= 0.6 is 24.0 Å². The Kier molecular flexibility index (Phi) is 8.65. The van der Waals surface area contributed by atoms with Gasteiger partial charge in [-0.2, -0.15) is 13.2 Å². The molecule has 1 aliphatic heterocycles. The summed E-state index contributed by atoms with van der Waals surface area (Å²) in [4.78, 5) is 6.28. The number of alkyl halides is 3. The van der Waals surface area contributed by atoms with Crippen LogP contribution in [0.2, 0.25) is 0 Å². The van der Waals surface area contributed by atoms with Crippen molar-refractivity contribution in [2.45, 2.75) is 32.0 Å². The second-order valence-corrected chi connectivity index (χ2v) is 5.54. The summed E-state index contributed by atoms with van der Waals surface area (Å²) in [5.41, 5.74) is 1.16. The van der Waals surface area contributed by atoms with Gasteiger partial charge in [0.2, 0.25) is 0 Å². The van der Waals surface area contributed by atoms with Crippen molar-refractivity contribution in [3.05, 3.63) is 30.3 Å². The molecule has 0 saturated carbocycles. The monoisotopic (exact) mass is 456 g/mol. The largest absolute Gasteiger partial charge is 0.390 e. The first-order chi connectivity index (χ1) is 11.0. The van der Waals surface area contributed by atoms with E-state index in [1.54, 1.807) is 0 Å². The molecule has 1 aliphatic rings. The summed E-state index contributed by atoms with van der Waals surface area (Å²) in [5, 5.41) is 6.24. The minimum atomic E-state index is -4.17. The van der Waals surface area contributed by atoms with E-state index in [1.165, 1.54) is 0 Å². The standard InChI is InChI=1S/C16H23F3N4.HI/c1-2-20-15(21-10-9-16(17,18)19)22-13-8-11-23(12-13)14-6-4-3-5-7-14;/h3-7,13H,2,8-12H2,1H3,(H2,20,21,22);1H. The molecule has 1 unspecified atom stereocenters. The highest BCUT2D eigenvalue weighted by Crippen LogP contribution is 2.20. The number of aliphatic imine (C=N–C) groups is 1. The Morgan fingerprint density at radius 1 is 1.29 bits per heavy atom. The molecule has 136 valence electrons. The van der Waals surface area contributed by atoms with E-state index in [-0.39, 0.29) is 36.6 Å². The van der Waals surface area contributed by atoms with Crippen molar-refractivity contribution in [3.8, 4) is 0 Å². The summed E-state index contributed by atoms with van der Waals surface area (Å²) in [6.07, 6.45) is -4.14. The summed E-state index contributed by atoms with van der Waals surface area (Å²) >= 11 is 0. The zero-order valence-corrected chi connectivity index (χ0v) is 16.0. The number of nitrogens with zero attached hydrogens (tertiary/aromatic N) is 2. The topological polar surface area (TPSA) is 39.7 Å². The highest BCUT2D eigenvalue weighted by Gasteiger charge is 2.27. The summed E-state index contributed by atoms with van der Waals surface area (Å²) in [7, 11) is 0. The van der Waals surface area contributed by atoms with Crippen molar-refractivity contribution >= 4 is 35.6 Å². The molecular weight excluding hydrogens is 432 g/mol. The minimum Gasteiger partial charge on any atom is -0.369 e. The molecule has 24 heavy (non-hydrogen) atoms. The lowest BCUT2D eigenvalue weighted by Gasteiger charge is -2.20. The van der Waals surface area contributed by atoms with Crippen molar-refractivity contribution in [1.82, 2.24) is 10.6 Å². The lowest BCUT2D eigenvalue weighted by molar-refractivity contribution is -0.132. The lowest BCUT2D eigenvalue weighted by atomic mass is 10.3. The molecule has 1 saturated heterocycles. The Balaban J connectivity index is 0.00000288. The second-order valence-electron chi connectivity index (χ2n) is 5.54. The average Bonchev–Trinajstić information content (AvgIpc) is 2.95. The van der Waals surface area contributed by atoms with E-state index in [2.05, 4.69) is 32.7 Å². The van der Waals surface area contributed by atoms with Crippen molar-refractivity contribution in [2.24, 2.45) is 4.99 Å². The van der Waals surface area contributed by atoms with Gasteiger partial charge in [0.05, 0.1) is 13.0 Å². The van der Waals surface area contributed by atoms with Crippen molar-refractivity contribution < 1.29 is 13.2 Å². The molecule has 1 fully saturated rings. The fraction of sp³-hybridized carbons (Fsp3) is 0.562. The number of guanidine groups is 1. The molecule has 8 heteroatoms. The first-order valence-electron chi connectivity index (χ1n) is 7.89. The second kappa shape index (κ2) is 9.95. The van der Waals surface area contributed by atoms with Gasteiger partial charge in [0.25, 0.3) is 0 Å². The lowest BCUT2D eigenvalue weighted by Crippen LogP contribution is -2.44. The molecule has 1 aromatic carbocycles. The molecular formula is C16H24F3IN4. The number of benzene rings is 1. The van der Waals surface area contributed by atoms with Crippen LogP contribution in [0.15, 0.2) is 35.3 Å². The Hall–Kier alpha value is -1.19. The van der Waals surface area contributed by atoms with Crippen LogP contribution in [-0.2, 0) is 0 Å². The van der Waals surface area contributed by atoms with Gasteiger partial charge in [-0.05, 0) is 25.5 Å². The van der Waals surface area contributed by atoms with Gasteiger partial charge in [-0.15, -0.1) is 24.0 Å². The molecule has 1 heterocycles. The van der Waals surface area contributed by atoms with Crippen LogP contribution in [0.25, 0.3) is 0 Å². The molecule has 0 radical (unpaired) electrons. The molecule has 0 bridgehead atoms. The Bertz CT molecular complexity index is 508. The van der Waals surface area contributed by atoms with Crippen LogP contribution in [-0.4, -0.2) is 44.4 Å². The minimum absolute atomic E-state index is 0. The number of hydrogen-bond donors (Lipinski definition) is 2. The maximum atomic E-state index is 12.2. The van der Waals surface area contributed by atoms with Gasteiger partial charge in [0.1, 0.15) is 0 Å². The molecule has 0 amide bonds. The predicted molar refractivity (Wildman–Crippen MR) is 102 cm³/mol. The number of anilines is 1. The summed E-state index contributed by atoms with van der Waals surface area (Å²) < 4.78 is 36.7. The van der Waals surface area contributed by atoms with Gasteiger partial charge in [0.15, 0.2) is 5.96 Å². The van der Waals surface area contributed by atoms with Crippen LogP contribution in [0.3, 0.4) is 0 Å². The van der Waals surface area contributed by atoms with Gasteiger partial charge in [-0.3, -0.25) is 4.99 Å². The third-order valence-corrected chi connectivity index (χ3v) is 3.66. The normalized spacial score (nSPS) is 18.2. The average molecular weight is 456 g/mol. The number of halogens is 4. The van der Waals surface area contributed by atoms with Crippen LogP contribution in [0.1, 0.15) is 19.8 Å². The van der Waals surface area contributed by atoms with E-state index in [1.807, 2.05) is 25.1 Å². The Morgan fingerprint density at radius 3 is 2.62 bits per heavy atom. The van der Waals surface area contributed by atoms with Crippen molar-refractivity contribution in [2.75, 3.05) is 31.1 Å². The first-order valence-corrected chi connectivity index (χ1v) is 7.89. The summed E-state index contributed by atoms with van der Waals surface area (Å²) in [6, 6.07) is 10.3. The van der Waals surface area contributed by atoms with E-state index in [9.17, 15) is 13.2 Å². The van der Waals surface area contributed by atoms with Crippen LogP contribution in [0, 0.1) is 0 Å². The summed E-state index contributed by atoms with van der Waals surface area (Å²) in [5.74, 6) is 0.455. The zero-order chi connectivity index (χ0) is 16.7. The third-order valence-electron chi connectivity index (χ3n) is 3.66. The molecule has 2 rings (SSSR count).